The van der Waals surface area contributed by atoms with Crippen LogP contribution < -0.4 is 0 Å². The summed E-state index contributed by atoms with van der Waals surface area (Å²) in [6.45, 7) is 2.30. The first-order valence-electron chi connectivity index (χ1n) is 11.4. The minimum absolute atomic E-state index is 1.25. The molecule has 0 amide bonds. The zero-order chi connectivity index (χ0) is 19.5. The lowest BCUT2D eigenvalue weighted by molar-refractivity contribution is -0.466. The second-order valence-electron chi connectivity index (χ2n) is 8.22. The molecule has 0 rings (SSSR count). The molecule has 0 saturated heterocycles. The van der Waals surface area contributed by atoms with Crippen LogP contribution >= 0.6 is 11.8 Å². The van der Waals surface area contributed by atoms with Gasteiger partial charge < -0.3 is 0 Å². The highest BCUT2D eigenvalue weighted by Gasteiger charge is 2.11. The Balaban J connectivity index is 3.22. The third-order valence-electron chi connectivity index (χ3n) is 4.99. The lowest BCUT2D eigenvalue weighted by atomic mass is 10.0. The van der Waals surface area contributed by atoms with Crippen molar-refractivity contribution in [3.05, 3.63) is 0 Å². The predicted molar refractivity (Wildman–Crippen MR) is 123 cm³/mol. The minimum Gasteiger partial charge on any atom is -0.262 e. The van der Waals surface area contributed by atoms with Crippen LogP contribution in [0.4, 0.5) is 0 Å². The number of nitrogens with zero attached hydrogens (tertiary/aromatic N) is 2. The summed E-state index contributed by atoms with van der Waals surface area (Å²) in [5.74, 6) is 1.25. The van der Waals surface area contributed by atoms with Gasteiger partial charge in [0.05, 0.1) is 28.2 Å². The van der Waals surface area contributed by atoms with E-state index in [4.69, 9.17) is 0 Å². The molecule has 0 radical (unpaired) electrons. The molecule has 156 valence electrons. The Morgan fingerprint density at radius 3 is 1.27 bits per heavy atom. The zero-order valence-electron chi connectivity index (χ0n) is 18.8. The molecule has 0 N–H and O–H groups in total. The summed E-state index contributed by atoms with van der Waals surface area (Å²) in [5, 5.41) is 1.37. The minimum atomic E-state index is 1.25. The molecule has 0 heterocycles. The van der Waals surface area contributed by atoms with E-state index in [0.29, 0.717) is 0 Å². The van der Waals surface area contributed by atoms with Gasteiger partial charge in [0, 0.05) is 5.75 Å². The van der Waals surface area contributed by atoms with Gasteiger partial charge >= 0.3 is 5.17 Å². The summed E-state index contributed by atoms with van der Waals surface area (Å²) in [6, 6.07) is 0. The summed E-state index contributed by atoms with van der Waals surface area (Å²) >= 11 is 1.99. The van der Waals surface area contributed by atoms with Gasteiger partial charge in [0.25, 0.3) is 0 Å². The molecule has 0 fully saturated rings. The molecule has 0 aliphatic carbocycles. The molecule has 0 atom stereocenters. The van der Waals surface area contributed by atoms with E-state index in [0.717, 1.165) is 0 Å². The summed E-state index contributed by atoms with van der Waals surface area (Å²) in [6.07, 6.45) is 23.1. The molecule has 0 aromatic carbocycles. The van der Waals surface area contributed by atoms with E-state index in [9.17, 15) is 0 Å². The van der Waals surface area contributed by atoms with Crippen LogP contribution in [0.3, 0.4) is 0 Å². The molecule has 0 saturated carbocycles. The molecule has 0 spiro atoms. The van der Waals surface area contributed by atoms with E-state index < -0.39 is 0 Å². The summed E-state index contributed by atoms with van der Waals surface area (Å²) in [4.78, 5) is 2.22. The van der Waals surface area contributed by atoms with Crippen molar-refractivity contribution in [1.29, 1.82) is 0 Å². The van der Waals surface area contributed by atoms with Crippen LogP contribution in [0.25, 0.3) is 0 Å². The van der Waals surface area contributed by atoms with Crippen LogP contribution in [-0.2, 0) is 0 Å². The van der Waals surface area contributed by atoms with Gasteiger partial charge in [-0.15, -0.1) is 0 Å². The first-order valence-corrected chi connectivity index (χ1v) is 12.4. The van der Waals surface area contributed by atoms with Gasteiger partial charge in [-0.2, -0.15) is 0 Å². The lowest BCUT2D eigenvalue weighted by Crippen LogP contribution is -2.26. The van der Waals surface area contributed by atoms with E-state index in [-0.39, 0.29) is 0 Å². The van der Waals surface area contributed by atoms with Crippen molar-refractivity contribution >= 4 is 16.9 Å². The second kappa shape index (κ2) is 19.6. The molecule has 26 heavy (non-hydrogen) atoms. The Bertz CT molecular complexity index is 322. The maximum absolute atomic E-state index is 2.30. The average Bonchev–Trinajstić information content (AvgIpc) is 2.60. The Labute approximate surface area is 170 Å². The van der Waals surface area contributed by atoms with Crippen molar-refractivity contribution in [1.82, 2.24) is 4.90 Å². The van der Waals surface area contributed by atoms with E-state index >= 15 is 0 Å². The Morgan fingerprint density at radius 2 is 0.962 bits per heavy atom. The van der Waals surface area contributed by atoms with E-state index in [1.165, 1.54) is 114 Å². The van der Waals surface area contributed by atoms with E-state index in [1.807, 2.05) is 11.8 Å². The van der Waals surface area contributed by atoms with E-state index in [1.54, 1.807) is 0 Å². The number of hydrogen-bond donors (Lipinski definition) is 0. The first kappa shape index (κ1) is 25.8. The molecular weight excluding hydrogens is 336 g/mol. The molecule has 0 aliphatic heterocycles. The maximum atomic E-state index is 2.30. The van der Waals surface area contributed by atoms with Gasteiger partial charge in [-0.05, 0) is 18.2 Å². The Kier molecular flexibility index (Phi) is 19.4. The fraction of sp³-hybridized carbons (Fsp3) is 0.957. The van der Waals surface area contributed by atoms with Crippen LogP contribution in [0.15, 0.2) is 0 Å². The van der Waals surface area contributed by atoms with Crippen LogP contribution in [0, 0.1) is 0 Å². The maximum Gasteiger partial charge on any atom is 0.307 e. The molecule has 0 aromatic rings. The smallest absolute Gasteiger partial charge is 0.262 e. The quantitative estimate of drug-likeness (QED) is 0.113. The standard InChI is InChI=1S/C23H49N2S/c1-6-7-8-9-10-11-12-13-14-15-16-17-18-19-20-21-22-26-23(24(2)3)25(4)5/h6-22H2,1-5H3/q+1. The van der Waals surface area contributed by atoms with Crippen molar-refractivity contribution in [3.63, 3.8) is 0 Å². The average molecular weight is 386 g/mol. The third kappa shape index (κ3) is 17.2. The molecule has 0 unspecified atom stereocenters. The first-order chi connectivity index (χ1) is 12.6. The van der Waals surface area contributed by atoms with Crippen molar-refractivity contribution in [2.45, 2.75) is 110 Å². The normalized spacial score (nSPS) is 11.0. The van der Waals surface area contributed by atoms with Gasteiger partial charge in [-0.1, -0.05) is 103 Å². The number of rotatable bonds is 17. The van der Waals surface area contributed by atoms with E-state index in [2.05, 4.69) is 44.6 Å². The van der Waals surface area contributed by atoms with Crippen molar-refractivity contribution in [3.8, 4) is 0 Å². The zero-order valence-corrected chi connectivity index (χ0v) is 19.6. The van der Waals surface area contributed by atoms with Gasteiger partial charge in [0.1, 0.15) is 0 Å². The topological polar surface area (TPSA) is 6.25 Å². The predicted octanol–water partition coefficient (Wildman–Crippen LogP) is 7.17. The van der Waals surface area contributed by atoms with Crippen molar-refractivity contribution in [2.75, 3.05) is 33.9 Å². The van der Waals surface area contributed by atoms with Gasteiger partial charge in [0.15, 0.2) is 0 Å². The SMILES string of the molecule is CCCCCCCCCCCCCCCCCCSC(N(C)C)=[N+](C)C. The Hall–Kier alpha value is -0.180. The number of hydrogen-bond acceptors (Lipinski definition) is 1. The highest BCUT2D eigenvalue weighted by molar-refractivity contribution is 8.13. The highest BCUT2D eigenvalue weighted by atomic mass is 32.2. The summed E-state index contributed by atoms with van der Waals surface area (Å²) in [5.41, 5.74) is 0. The van der Waals surface area contributed by atoms with Gasteiger partial charge in [-0.3, -0.25) is 9.48 Å². The lowest BCUT2D eigenvalue weighted by Gasteiger charge is -2.10. The number of unbranched alkanes of at least 4 members (excludes halogenated alkanes) is 15. The highest BCUT2D eigenvalue weighted by Crippen LogP contribution is 2.15. The van der Waals surface area contributed by atoms with Crippen LogP contribution in [0.5, 0.6) is 0 Å². The fourth-order valence-corrected chi connectivity index (χ4v) is 4.52. The monoisotopic (exact) mass is 385 g/mol. The summed E-state index contributed by atoms with van der Waals surface area (Å²) < 4.78 is 2.22. The van der Waals surface area contributed by atoms with Crippen molar-refractivity contribution in [2.24, 2.45) is 0 Å². The van der Waals surface area contributed by atoms with Gasteiger partial charge in [-0.25, -0.2) is 0 Å². The fourth-order valence-electron chi connectivity index (χ4n) is 3.47. The summed E-state index contributed by atoms with van der Waals surface area (Å²) in [7, 11) is 8.54. The van der Waals surface area contributed by atoms with Crippen LogP contribution in [0.2, 0.25) is 0 Å². The molecule has 0 bridgehead atoms. The van der Waals surface area contributed by atoms with Crippen LogP contribution in [-0.4, -0.2) is 48.6 Å². The van der Waals surface area contributed by atoms with Gasteiger partial charge in [0.2, 0.25) is 0 Å². The number of amidine groups is 1. The largest absolute Gasteiger partial charge is 0.307 e. The molecule has 0 aliphatic rings. The molecule has 3 heteroatoms. The third-order valence-corrected chi connectivity index (χ3v) is 6.48. The van der Waals surface area contributed by atoms with Crippen molar-refractivity contribution < 1.29 is 4.58 Å². The second-order valence-corrected chi connectivity index (χ2v) is 9.29. The van der Waals surface area contributed by atoms with Crippen LogP contribution in [0.1, 0.15) is 110 Å². The Morgan fingerprint density at radius 1 is 0.615 bits per heavy atom. The molecule has 0 aromatic heterocycles. The number of thioether (sulfide) groups is 1. The molecule has 2 nitrogen and oxygen atoms in total. The molecular formula is C23H49N2S+.